The molecule has 0 unspecified atom stereocenters. The van der Waals surface area contributed by atoms with Crippen LogP contribution < -0.4 is 0 Å². The first kappa shape index (κ1) is 9.50. The quantitative estimate of drug-likeness (QED) is 0.536. The van der Waals surface area contributed by atoms with E-state index >= 15 is 0 Å². The first-order valence-corrected chi connectivity index (χ1v) is 5.74. The molecule has 0 aliphatic rings. The van der Waals surface area contributed by atoms with Crippen molar-refractivity contribution in [1.29, 1.82) is 0 Å². The van der Waals surface area contributed by atoms with Crippen LogP contribution in [0.2, 0.25) is 0 Å². The summed E-state index contributed by atoms with van der Waals surface area (Å²) >= 11 is 0. The van der Waals surface area contributed by atoms with Gasteiger partial charge < -0.3 is 0 Å². The number of rotatable bonds is 2. The second-order valence-corrected chi connectivity index (χ2v) is 4.89. The monoisotopic (exact) mass is 186 g/mol. The summed E-state index contributed by atoms with van der Waals surface area (Å²) < 4.78 is 45.7. The SMILES string of the molecule is CS(=O)(=O)/N=N\S(C)(=O)=O. The molecule has 0 bridgehead atoms. The van der Waals surface area contributed by atoms with Crippen LogP contribution in [0.5, 0.6) is 0 Å². The summed E-state index contributed by atoms with van der Waals surface area (Å²) in [5, 5.41) is 0. The molecule has 0 aliphatic heterocycles. The predicted molar refractivity (Wildman–Crippen MR) is 34.5 cm³/mol. The third-order valence-corrected chi connectivity index (χ3v) is 1.19. The van der Waals surface area contributed by atoms with Crippen LogP contribution in [-0.4, -0.2) is 29.3 Å². The summed E-state index contributed by atoms with van der Waals surface area (Å²) in [6.45, 7) is 0. The van der Waals surface area contributed by atoms with Gasteiger partial charge in [0.1, 0.15) is 0 Å². The van der Waals surface area contributed by atoms with Gasteiger partial charge in [-0.2, -0.15) is 0 Å². The molecule has 0 N–H and O–H groups in total. The second-order valence-electron chi connectivity index (χ2n) is 1.63. The molecule has 0 amide bonds. The fourth-order valence-electron chi connectivity index (χ4n) is 0.121. The Balaban J connectivity index is 4.64. The molecule has 0 aromatic heterocycles. The lowest BCUT2D eigenvalue weighted by atomic mass is 12.0. The summed E-state index contributed by atoms with van der Waals surface area (Å²) in [7, 11) is -7.36. The van der Waals surface area contributed by atoms with Crippen molar-refractivity contribution < 1.29 is 16.8 Å². The second kappa shape index (κ2) is 2.62. The van der Waals surface area contributed by atoms with Gasteiger partial charge in [-0.3, -0.25) is 0 Å². The van der Waals surface area contributed by atoms with Gasteiger partial charge in [-0.05, 0) is 9.04 Å². The van der Waals surface area contributed by atoms with Gasteiger partial charge in [-0.15, -0.1) is 0 Å². The molecule has 0 fully saturated rings. The summed E-state index contributed by atoms with van der Waals surface area (Å²) in [5.74, 6) is 0. The van der Waals surface area contributed by atoms with Crippen molar-refractivity contribution >= 4 is 20.0 Å². The van der Waals surface area contributed by atoms with Gasteiger partial charge in [0.25, 0.3) is 20.0 Å². The van der Waals surface area contributed by atoms with E-state index in [1.54, 1.807) is 0 Å². The Labute approximate surface area is 59.1 Å². The van der Waals surface area contributed by atoms with Crippen molar-refractivity contribution in [3.63, 3.8) is 0 Å². The van der Waals surface area contributed by atoms with Crippen LogP contribution in [0.25, 0.3) is 0 Å². The zero-order valence-electron chi connectivity index (χ0n) is 5.34. The molecule has 0 saturated carbocycles. The van der Waals surface area contributed by atoms with Crippen molar-refractivity contribution in [2.45, 2.75) is 0 Å². The van der Waals surface area contributed by atoms with Crippen molar-refractivity contribution in [3.8, 4) is 0 Å². The van der Waals surface area contributed by atoms with E-state index in [1.165, 1.54) is 0 Å². The molecular weight excluding hydrogens is 180 g/mol. The standard InChI is InChI=1S/C2H6N2O4S2/c1-9(5,6)3-4-10(2,7)8/h1-2H3/b4-3-. The van der Waals surface area contributed by atoms with Crippen molar-refractivity contribution in [1.82, 2.24) is 0 Å². The zero-order valence-corrected chi connectivity index (χ0v) is 6.98. The lowest BCUT2D eigenvalue weighted by Gasteiger charge is -1.82. The molecule has 0 rings (SSSR count). The van der Waals surface area contributed by atoms with Crippen LogP contribution in [0.15, 0.2) is 9.04 Å². The molecule has 0 heterocycles. The van der Waals surface area contributed by atoms with Gasteiger partial charge in [-0.25, -0.2) is 16.8 Å². The minimum atomic E-state index is -3.68. The van der Waals surface area contributed by atoms with E-state index in [0.717, 1.165) is 12.5 Å². The minimum Gasteiger partial charge on any atom is -0.203 e. The van der Waals surface area contributed by atoms with E-state index in [0.29, 0.717) is 0 Å². The number of sulfonamides is 2. The Bertz CT molecular complexity index is 288. The fourth-order valence-corrected chi connectivity index (χ4v) is 1.09. The predicted octanol–water partition coefficient (Wildman–Crippen LogP) is -0.642. The van der Waals surface area contributed by atoms with Crippen LogP contribution in [0.4, 0.5) is 0 Å². The van der Waals surface area contributed by atoms with Gasteiger partial charge in [0.05, 0.1) is 12.5 Å². The fraction of sp³-hybridized carbons (Fsp3) is 1.00. The van der Waals surface area contributed by atoms with E-state index in [9.17, 15) is 16.8 Å². The molecule has 60 valence electrons. The minimum absolute atomic E-state index is 0.752. The maximum Gasteiger partial charge on any atom is 0.268 e. The first-order chi connectivity index (χ1) is 4.21. The first-order valence-electron chi connectivity index (χ1n) is 2.05. The molecule has 8 heteroatoms. The average Bonchev–Trinajstić information content (AvgIpc) is 1.57. The highest BCUT2D eigenvalue weighted by atomic mass is 32.2. The van der Waals surface area contributed by atoms with Crippen molar-refractivity contribution in [3.05, 3.63) is 0 Å². The zero-order chi connectivity index (χ0) is 8.41. The van der Waals surface area contributed by atoms with Gasteiger partial charge in [0.15, 0.2) is 0 Å². The molecule has 0 aliphatic carbocycles. The molecule has 0 aromatic carbocycles. The highest BCUT2D eigenvalue weighted by Crippen LogP contribution is 1.91. The maximum atomic E-state index is 10.2. The molecule has 0 spiro atoms. The van der Waals surface area contributed by atoms with Crippen molar-refractivity contribution in [2.75, 3.05) is 12.5 Å². The van der Waals surface area contributed by atoms with Gasteiger partial charge in [-0.1, -0.05) is 0 Å². The Morgan fingerprint density at radius 2 is 1.00 bits per heavy atom. The van der Waals surface area contributed by atoms with Crippen LogP contribution in [0.1, 0.15) is 0 Å². The summed E-state index contributed by atoms with van der Waals surface area (Å²) in [5.41, 5.74) is 0. The van der Waals surface area contributed by atoms with E-state index in [4.69, 9.17) is 0 Å². The number of hydrogen-bond acceptors (Lipinski definition) is 4. The Hall–Kier alpha value is -0.500. The van der Waals surface area contributed by atoms with Crippen molar-refractivity contribution in [2.24, 2.45) is 9.04 Å². The third kappa shape index (κ3) is 7.50. The molecule has 6 nitrogen and oxygen atoms in total. The molecule has 0 aromatic rings. The van der Waals surface area contributed by atoms with Gasteiger partial charge in [0, 0.05) is 0 Å². The molecule has 0 saturated heterocycles. The van der Waals surface area contributed by atoms with E-state index in [1.807, 2.05) is 0 Å². The van der Waals surface area contributed by atoms with Crippen LogP contribution >= 0.6 is 0 Å². The highest BCUT2D eigenvalue weighted by Gasteiger charge is 2.00. The van der Waals surface area contributed by atoms with Gasteiger partial charge in [0.2, 0.25) is 0 Å². The lowest BCUT2D eigenvalue weighted by molar-refractivity contribution is 0.593. The van der Waals surface area contributed by atoms with E-state index in [-0.39, 0.29) is 0 Å². The average molecular weight is 186 g/mol. The molecule has 0 atom stereocenters. The smallest absolute Gasteiger partial charge is 0.203 e. The van der Waals surface area contributed by atoms with E-state index in [2.05, 4.69) is 9.04 Å². The summed E-state index contributed by atoms with van der Waals surface area (Å²) in [6, 6.07) is 0. The number of nitrogens with zero attached hydrogens (tertiary/aromatic N) is 2. The summed E-state index contributed by atoms with van der Waals surface area (Å²) in [4.78, 5) is 0. The Kier molecular flexibility index (Phi) is 2.49. The topological polar surface area (TPSA) is 93.0 Å². The largest absolute Gasteiger partial charge is 0.268 e. The lowest BCUT2D eigenvalue weighted by Crippen LogP contribution is -1.92. The number of hydrogen-bond donors (Lipinski definition) is 0. The Morgan fingerprint density at radius 1 is 0.800 bits per heavy atom. The molecule has 10 heavy (non-hydrogen) atoms. The van der Waals surface area contributed by atoms with E-state index < -0.39 is 20.0 Å². The van der Waals surface area contributed by atoms with Crippen LogP contribution in [0, 0.1) is 0 Å². The van der Waals surface area contributed by atoms with Crippen LogP contribution in [0.3, 0.4) is 0 Å². The maximum absolute atomic E-state index is 10.2. The third-order valence-electron chi connectivity index (χ3n) is 0.330. The Morgan fingerprint density at radius 3 is 1.10 bits per heavy atom. The normalized spacial score (nSPS) is 14.2. The molecular formula is C2H6N2O4S2. The van der Waals surface area contributed by atoms with Crippen LogP contribution in [-0.2, 0) is 20.0 Å². The highest BCUT2D eigenvalue weighted by molar-refractivity contribution is 7.91. The molecule has 0 radical (unpaired) electrons. The van der Waals surface area contributed by atoms with Gasteiger partial charge >= 0.3 is 0 Å². The summed E-state index contributed by atoms with van der Waals surface area (Å²) in [6.07, 6.45) is 1.50.